The summed E-state index contributed by atoms with van der Waals surface area (Å²) in [6.45, 7) is 3.68. The van der Waals surface area contributed by atoms with E-state index < -0.39 is 5.97 Å². The number of carbonyl (C=O) groups is 1. The molecule has 1 heterocycles. The number of ether oxygens (including phenoxy) is 1. The fraction of sp³-hybridized carbons (Fsp3) is 0.0588. The maximum atomic E-state index is 11.9. The third-order valence-electron chi connectivity index (χ3n) is 3.23. The highest BCUT2D eigenvalue weighted by molar-refractivity contribution is 6.35. The highest BCUT2D eigenvalue weighted by Gasteiger charge is 2.12. The maximum absolute atomic E-state index is 11.9. The number of benzene rings is 2. The summed E-state index contributed by atoms with van der Waals surface area (Å²) in [5, 5.41) is 1.11. The number of halogens is 2. The van der Waals surface area contributed by atoms with Gasteiger partial charge >= 0.3 is 5.97 Å². The minimum absolute atomic E-state index is 0.170. The third-order valence-corrected chi connectivity index (χ3v) is 3.80. The minimum Gasteiger partial charge on any atom is -0.458 e. The van der Waals surface area contributed by atoms with Crippen molar-refractivity contribution in [3.05, 3.63) is 64.7 Å². The van der Waals surface area contributed by atoms with E-state index in [4.69, 9.17) is 27.9 Å². The summed E-state index contributed by atoms with van der Waals surface area (Å²) in [4.78, 5) is 19.5. The molecule has 3 rings (SSSR count). The van der Waals surface area contributed by atoms with Crippen LogP contribution in [0.15, 0.2) is 49.1 Å². The van der Waals surface area contributed by atoms with Gasteiger partial charge in [-0.1, -0.05) is 35.9 Å². The standard InChI is InChI=1S/C17H12Cl2N2O2/c1-2-7-23-17(22)10-3-6-14-15(8-10)21-16(20-14)12-9-11(18)4-5-13(12)19/h2-6,8-9H,1,7H2,(H,20,21). The van der Waals surface area contributed by atoms with Gasteiger partial charge in [-0.05, 0) is 36.4 Å². The summed E-state index contributed by atoms with van der Waals surface area (Å²) in [5.41, 5.74) is 2.57. The molecule has 23 heavy (non-hydrogen) atoms. The first-order chi connectivity index (χ1) is 11.1. The Morgan fingerprint density at radius 3 is 2.87 bits per heavy atom. The quantitative estimate of drug-likeness (QED) is 0.541. The first-order valence-corrected chi connectivity index (χ1v) is 7.57. The summed E-state index contributed by atoms with van der Waals surface area (Å²) in [6.07, 6.45) is 1.52. The Morgan fingerprint density at radius 1 is 1.26 bits per heavy atom. The van der Waals surface area contributed by atoms with Crippen molar-refractivity contribution in [1.29, 1.82) is 0 Å². The first kappa shape index (κ1) is 15.6. The fourth-order valence-corrected chi connectivity index (χ4v) is 2.54. The maximum Gasteiger partial charge on any atom is 0.338 e. The van der Waals surface area contributed by atoms with Crippen molar-refractivity contribution >= 4 is 40.2 Å². The van der Waals surface area contributed by atoms with E-state index in [1.165, 1.54) is 6.08 Å². The van der Waals surface area contributed by atoms with Crippen LogP contribution < -0.4 is 0 Å². The lowest BCUT2D eigenvalue weighted by molar-refractivity contribution is 0.0550. The number of esters is 1. The lowest BCUT2D eigenvalue weighted by atomic mass is 10.2. The van der Waals surface area contributed by atoms with Crippen molar-refractivity contribution in [2.24, 2.45) is 0 Å². The average Bonchev–Trinajstić information content (AvgIpc) is 2.97. The lowest BCUT2D eigenvalue weighted by Gasteiger charge is -2.01. The summed E-state index contributed by atoms with van der Waals surface area (Å²) < 4.78 is 5.02. The van der Waals surface area contributed by atoms with Gasteiger partial charge in [0.2, 0.25) is 0 Å². The number of rotatable bonds is 4. The summed E-state index contributed by atoms with van der Waals surface area (Å²) >= 11 is 12.2. The van der Waals surface area contributed by atoms with Gasteiger partial charge in [0.05, 0.1) is 21.6 Å². The van der Waals surface area contributed by atoms with E-state index in [-0.39, 0.29) is 6.61 Å². The zero-order valence-corrected chi connectivity index (χ0v) is 13.5. The van der Waals surface area contributed by atoms with E-state index in [2.05, 4.69) is 16.5 Å². The van der Waals surface area contributed by atoms with E-state index in [1.807, 2.05) is 0 Å². The monoisotopic (exact) mass is 346 g/mol. The second-order valence-electron chi connectivity index (χ2n) is 4.83. The molecule has 0 aliphatic heterocycles. The van der Waals surface area contributed by atoms with Crippen LogP contribution >= 0.6 is 23.2 Å². The molecule has 0 saturated heterocycles. The van der Waals surface area contributed by atoms with Crippen molar-refractivity contribution < 1.29 is 9.53 Å². The molecule has 2 aromatic carbocycles. The number of hydrogen-bond donors (Lipinski definition) is 1. The average molecular weight is 347 g/mol. The summed E-state index contributed by atoms with van der Waals surface area (Å²) in [5.74, 6) is 0.174. The second-order valence-corrected chi connectivity index (χ2v) is 5.67. The van der Waals surface area contributed by atoms with Crippen molar-refractivity contribution in [3.8, 4) is 11.4 Å². The van der Waals surface area contributed by atoms with Crippen molar-refractivity contribution in [2.75, 3.05) is 6.61 Å². The Kier molecular flexibility index (Phi) is 4.37. The molecule has 4 nitrogen and oxygen atoms in total. The van der Waals surface area contributed by atoms with E-state index in [0.29, 0.717) is 32.5 Å². The van der Waals surface area contributed by atoms with Crippen LogP contribution in [0, 0.1) is 0 Å². The van der Waals surface area contributed by atoms with E-state index in [0.717, 1.165) is 5.52 Å². The van der Waals surface area contributed by atoms with Crippen molar-refractivity contribution in [1.82, 2.24) is 9.97 Å². The fourth-order valence-electron chi connectivity index (χ4n) is 2.16. The number of aromatic nitrogens is 2. The lowest BCUT2D eigenvalue weighted by Crippen LogP contribution is -2.04. The highest BCUT2D eigenvalue weighted by Crippen LogP contribution is 2.30. The number of hydrogen-bond acceptors (Lipinski definition) is 3. The summed E-state index contributed by atoms with van der Waals surface area (Å²) in [6, 6.07) is 10.3. The number of aromatic amines is 1. The van der Waals surface area contributed by atoms with E-state index in [9.17, 15) is 4.79 Å². The molecule has 0 saturated carbocycles. The predicted molar refractivity (Wildman–Crippen MR) is 92.0 cm³/mol. The van der Waals surface area contributed by atoms with Crippen LogP contribution in [0.3, 0.4) is 0 Å². The molecule has 0 aliphatic carbocycles. The van der Waals surface area contributed by atoms with Crippen molar-refractivity contribution in [3.63, 3.8) is 0 Å². The molecule has 0 atom stereocenters. The van der Waals surface area contributed by atoms with Crippen LogP contribution in [0.4, 0.5) is 0 Å². The van der Waals surface area contributed by atoms with Crippen LogP contribution in [0.5, 0.6) is 0 Å². The Hall–Kier alpha value is -2.30. The largest absolute Gasteiger partial charge is 0.458 e. The molecule has 1 aromatic heterocycles. The Labute approximate surface area is 142 Å². The number of nitrogens with zero attached hydrogens (tertiary/aromatic N) is 1. The molecule has 0 amide bonds. The Morgan fingerprint density at radius 2 is 2.09 bits per heavy atom. The normalized spacial score (nSPS) is 10.7. The molecule has 0 spiro atoms. The van der Waals surface area contributed by atoms with Crippen LogP contribution in [-0.2, 0) is 4.74 Å². The molecule has 116 valence electrons. The van der Waals surface area contributed by atoms with Gasteiger partial charge in [-0.3, -0.25) is 0 Å². The van der Waals surface area contributed by atoms with Gasteiger partial charge in [0.15, 0.2) is 0 Å². The molecule has 0 radical (unpaired) electrons. The van der Waals surface area contributed by atoms with Gasteiger partial charge in [-0.25, -0.2) is 9.78 Å². The molecular formula is C17H12Cl2N2O2. The number of carbonyl (C=O) groups excluding carboxylic acids is 1. The van der Waals surface area contributed by atoms with Gasteiger partial charge in [0, 0.05) is 10.6 Å². The van der Waals surface area contributed by atoms with E-state index in [1.54, 1.807) is 36.4 Å². The van der Waals surface area contributed by atoms with Crippen LogP contribution in [-0.4, -0.2) is 22.5 Å². The van der Waals surface area contributed by atoms with Crippen molar-refractivity contribution in [2.45, 2.75) is 0 Å². The SMILES string of the molecule is C=CCOC(=O)c1ccc2nc(-c3cc(Cl)ccc3Cl)[nH]c2c1. The van der Waals surface area contributed by atoms with Crippen LogP contribution in [0.1, 0.15) is 10.4 Å². The van der Waals surface area contributed by atoms with Crippen LogP contribution in [0.25, 0.3) is 22.4 Å². The molecule has 0 fully saturated rings. The first-order valence-electron chi connectivity index (χ1n) is 6.81. The van der Waals surface area contributed by atoms with Gasteiger partial charge in [0.25, 0.3) is 0 Å². The highest BCUT2D eigenvalue weighted by atomic mass is 35.5. The minimum atomic E-state index is -0.413. The predicted octanol–water partition coefficient (Wildman–Crippen LogP) is 4.88. The summed E-state index contributed by atoms with van der Waals surface area (Å²) in [7, 11) is 0. The number of nitrogens with one attached hydrogen (secondary N) is 1. The second kappa shape index (κ2) is 6.44. The molecule has 0 aliphatic rings. The topological polar surface area (TPSA) is 55.0 Å². The molecule has 1 N–H and O–H groups in total. The van der Waals surface area contributed by atoms with Crippen LogP contribution in [0.2, 0.25) is 10.0 Å². The number of H-pyrrole nitrogens is 1. The van der Waals surface area contributed by atoms with Gasteiger partial charge in [0.1, 0.15) is 12.4 Å². The number of imidazole rings is 1. The Bertz CT molecular complexity index is 903. The molecule has 3 aromatic rings. The molecular weight excluding hydrogens is 335 g/mol. The van der Waals surface area contributed by atoms with Gasteiger partial charge in [-0.2, -0.15) is 0 Å². The molecule has 6 heteroatoms. The molecule has 0 unspecified atom stereocenters. The zero-order chi connectivity index (χ0) is 16.4. The zero-order valence-electron chi connectivity index (χ0n) is 12.0. The number of fused-ring (bicyclic) bond motifs is 1. The third kappa shape index (κ3) is 3.23. The smallest absolute Gasteiger partial charge is 0.338 e. The Balaban J connectivity index is 2.00. The van der Waals surface area contributed by atoms with Gasteiger partial charge < -0.3 is 9.72 Å². The van der Waals surface area contributed by atoms with Gasteiger partial charge in [-0.15, -0.1) is 0 Å². The van der Waals surface area contributed by atoms with E-state index >= 15 is 0 Å². The molecule has 0 bridgehead atoms.